The number of aliphatic hydroxyl groups excluding tert-OH is 1. The second-order valence-corrected chi connectivity index (χ2v) is 30.4. The molecule has 1 atom stereocenters. The summed E-state index contributed by atoms with van der Waals surface area (Å²) in [5.74, 6) is -0.853. The Morgan fingerprint density at radius 3 is 1.69 bits per heavy atom. The molecule has 0 radical (unpaired) electrons. The standard InChI is InChI=1S/C29H32F3NO2.C27H28N2O5S.C18H21Cl2NO.C14H20F3NO2.CH4/c1-21-7-9-23(10-8-21)6-4-3-5-15-33(19-24-11-13-26(14-12-24)28(34)35)20-25-16-22(2)17-27(18-25)29(30,31)32;1-18-15-19(2)25(20(3)16-18)35(32,33)28(17-21-9-11-22(34-4)12-10-21)13-14-29-26(30)23-7-5-6-8-24(23)27(29)31;1-12(13(2)22)16-6-3-14(4-7-16)10-21-11-15-5-8-17(19)18(20)9-15;1-3-19-13(20-4-2)10-18-9-11-5-7-12(8-6-11)14(15,16)17;/h7-14,16-18H,3-6,15,19-20H2,1-2H3,(H,34,35);5-12,15-16H,13-14,17H2,1-4H3;3,5-6,8-9,12,21-22H,2,4,7,10-11H2,1H3;5-8,13,18H,3-4,9-10H2,1-2H3;1H4. The minimum absolute atomic E-state index is 0. The summed E-state index contributed by atoms with van der Waals surface area (Å²) in [5, 5.41) is 26.3. The van der Waals surface area contributed by atoms with E-state index in [0.29, 0.717) is 88.6 Å². The van der Waals surface area contributed by atoms with Gasteiger partial charge in [-0.3, -0.25) is 19.4 Å². The molecule has 24 heteroatoms. The van der Waals surface area contributed by atoms with Crippen LogP contribution in [0.1, 0.15) is 164 Å². The highest BCUT2D eigenvalue weighted by Gasteiger charge is 2.37. The minimum Gasteiger partial charge on any atom is -0.512 e. The molecule has 0 saturated heterocycles. The molecule has 8 aromatic rings. The molecule has 0 spiro atoms. The molecule has 0 fully saturated rings. The lowest BCUT2D eigenvalue weighted by Gasteiger charge is -2.26. The lowest BCUT2D eigenvalue weighted by Crippen LogP contribution is -2.41. The van der Waals surface area contributed by atoms with Crippen molar-refractivity contribution in [1.82, 2.24) is 24.7 Å². The van der Waals surface area contributed by atoms with Gasteiger partial charge < -0.3 is 35.1 Å². The van der Waals surface area contributed by atoms with E-state index in [1.807, 2.05) is 58.0 Å². The zero-order valence-electron chi connectivity index (χ0n) is 64.8. The molecule has 2 amide bonds. The van der Waals surface area contributed by atoms with Crippen LogP contribution >= 0.6 is 23.2 Å². The van der Waals surface area contributed by atoms with Gasteiger partial charge in [-0.05, 0) is 204 Å². The van der Waals surface area contributed by atoms with Crippen LogP contribution in [0, 0.1) is 40.5 Å². The second kappa shape index (κ2) is 44.6. The number of alkyl halides is 6. The summed E-state index contributed by atoms with van der Waals surface area (Å²) in [6.07, 6.45) is 1.22. The van der Waals surface area contributed by atoms with Crippen molar-refractivity contribution >= 4 is 51.0 Å². The Morgan fingerprint density at radius 2 is 1.14 bits per heavy atom. The summed E-state index contributed by atoms with van der Waals surface area (Å²) < 4.78 is 122. The maximum absolute atomic E-state index is 13.9. The number of carboxylic acid groups (broad SMARTS) is 1. The van der Waals surface area contributed by atoms with Crippen LogP contribution in [0.25, 0.3) is 0 Å². The van der Waals surface area contributed by atoms with Crippen molar-refractivity contribution in [3.05, 3.63) is 305 Å². The molecule has 113 heavy (non-hydrogen) atoms. The first kappa shape index (κ1) is 92.9. The van der Waals surface area contributed by atoms with Crippen LogP contribution in [-0.4, -0.2) is 110 Å². The number of aryl methyl sites for hydroxylation is 6. The third-order valence-corrected chi connectivity index (χ3v) is 21.7. The third kappa shape index (κ3) is 29.1. The Balaban J connectivity index is 0.000000241. The highest BCUT2D eigenvalue weighted by molar-refractivity contribution is 7.89. The topological polar surface area (TPSA) is 187 Å². The largest absolute Gasteiger partial charge is 0.512 e. The molecule has 10 rings (SSSR count). The number of amides is 2. The highest BCUT2D eigenvalue weighted by Crippen LogP contribution is 2.34. The number of ether oxygens (including phenoxy) is 3. The number of imide groups is 1. The van der Waals surface area contributed by atoms with Gasteiger partial charge in [-0.25, -0.2) is 13.2 Å². The van der Waals surface area contributed by atoms with E-state index in [4.69, 9.17) is 42.5 Å². The van der Waals surface area contributed by atoms with E-state index in [0.717, 1.165) is 103 Å². The smallest absolute Gasteiger partial charge is 0.416 e. The van der Waals surface area contributed by atoms with Gasteiger partial charge in [0, 0.05) is 78.0 Å². The number of hydrogen-bond donors (Lipinski definition) is 4. The number of sulfonamides is 1. The van der Waals surface area contributed by atoms with Crippen molar-refractivity contribution in [2.45, 2.75) is 158 Å². The van der Waals surface area contributed by atoms with Gasteiger partial charge in [0.1, 0.15) is 5.75 Å². The maximum Gasteiger partial charge on any atom is 0.416 e. The molecule has 15 nitrogen and oxygen atoms in total. The first-order valence-electron chi connectivity index (χ1n) is 37.1. The van der Waals surface area contributed by atoms with E-state index in [-0.39, 0.29) is 55.5 Å². The molecule has 4 N–H and O–H groups in total. The van der Waals surface area contributed by atoms with Crippen molar-refractivity contribution < 1.29 is 73.6 Å². The van der Waals surface area contributed by atoms with Gasteiger partial charge in [0.05, 0.1) is 55.6 Å². The Labute approximate surface area is 672 Å². The van der Waals surface area contributed by atoms with Gasteiger partial charge in [-0.1, -0.05) is 188 Å². The van der Waals surface area contributed by atoms with Crippen LogP contribution in [0.5, 0.6) is 5.75 Å². The zero-order valence-corrected chi connectivity index (χ0v) is 67.2. The number of aliphatic hydroxyl groups is 1. The van der Waals surface area contributed by atoms with Gasteiger partial charge in [0.25, 0.3) is 11.8 Å². The average Bonchev–Trinajstić information content (AvgIpc) is 1.39. The molecule has 0 bridgehead atoms. The number of carboxylic acids is 1. The molecule has 1 unspecified atom stereocenters. The van der Waals surface area contributed by atoms with Crippen LogP contribution in [0.3, 0.4) is 0 Å². The maximum atomic E-state index is 13.9. The number of nitrogens with zero attached hydrogens (tertiary/aromatic N) is 3. The molecule has 8 aromatic carbocycles. The third-order valence-electron chi connectivity index (χ3n) is 18.8. The quantitative estimate of drug-likeness (QED) is 0.0100. The SMILES string of the molecule is C.C=C(O)C(C)C1=CC=C(CNCc2ccc(Cl)c(Cl)c2)CC1.CCOC(CNCc1ccc(C(F)(F)F)cc1)OCC.COc1ccc(CN(CCN2C(=O)c3ccccc3C2=O)S(=O)(=O)c2c(C)cc(C)cc2C)cc1.Cc1ccc(CCCCCN(Cc2ccc(C(=O)O)cc2)Cc2cc(C)cc(C(F)(F)F)c2)cc1. The molecule has 0 saturated carbocycles. The number of allylic oxidation sites excluding steroid dienone is 3. The van der Waals surface area contributed by atoms with Crippen molar-refractivity contribution in [3.63, 3.8) is 0 Å². The van der Waals surface area contributed by atoms with Gasteiger partial charge >= 0.3 is 18.3 Å². The number of nitrogens with one attached hydrogen (secondary N) is 2. The first-order chi connectivity index (χ1) is 53.2. The molecule has 1 heterocycles. The van der Waals surface area contributed by atoms with Crippen LogP contribution in [0.4, 0.5) is 26.3 Å². The Kier molecular flexibility index (Phi) is 36.7. The molecule has 1 aliphatic heterocycles. The molecule has 1 aliphatic carbocycles. The number of fused-ring (bicyclic) bond motifs is 1. The van der Waals surface area contributed by atoms with Crippen molar-refractivity contribution in [2.24, 2.45) is 5.92 Å². The zero-order chi connectivity index (χ0) is 81.9. The predicted octanol–water partition coefficient (Wildman–Crippen LogP) is 20.8. The Bertz CT molecular complexity index is 4550. The molecular formula is C89H105Cl2F6N5O10S. The van der Waals surface area contributed by atoms with Gasteiger partial charge in [0.15, 0.2) is 6.29 Å². The predicted molar refractivity (Wildman–Crippen MR) is 437 cm³/mol. The monoisotopic (exact) mass is 1620 g/mol. The van der Waals surface area contributed by atoms with E-state index >= 15 is 0 Å². The van der Waals surface area contributed by atoms with E-state index < -0.39 is 51.3 Å². The van der Waals surface area contributed by atoms with Crippen LogP contribution < -0.4 is 15.4 Å². The van der Waals surface area contributed by atoms with E-state index in [9.17, 15) is 54.3 Å². The first-order valence-corrected chi connectivity index (χ1v) is 39.3. The van der Waals surface area contributed by atoms with E-state index in [1.165, 1.54) is 50.8 Å². The number of carbonyl (C=O) groups is 3. The van der Waals surface area contributed by atoms with Crippen LogP contribution in [-0.2, 0) is 71.0 Å². The number of carbonyl (C=O) groups excluding carboxylic acids is 2. The fraction of sp³-hybridized carbons (Fsp3) is 0.360. The normalized spacial score (nSPS) is 13.0. The fourth-order valence-electron chi connectivity index (χ4n) is 12.9. The van der Waals surface area contributed by atoms with Crippen LogP contribution in [0.15, 0.2) is 210 Å². The summed E-state index contributed by atoms with van der Waals surface area (Å²) in [7, 11) is -2.37. The molecule has 0 aromatic heterocycles. The minimum atomic E-state index is -4.38. The number of unbranched alkanes of at least 4 members (excludes halogenated alkanes) is 2. The second-order valence-electron chi connectivity index (χ2n) is 27.7. The van der Waals surface area contributed by atoms with Gasteiger partial charge in [0.2, 0.25) is 10.0 Å². The number of methoxy groups -OCH3 is 1. The van der Waals surface area contributed by atoms with Crippen molar-refractivity contribution in [3.8, 4) is 5.75 Å². The van der Waals surface area contributed by atoms with Crippen molar-refractivity contribution in [1.29, 1.82) is 0 Å². The fourth-order valence-corrected chi connectivity index (χ4v) is 15.0. The van der Waals surface area contributed by atoms with Crippen molar-refractivity contribution in [2.75, 3.05) is 53.0 Å². The van der Waals surface area contributed by atoms with E-state index in [2.05, 4.69) is 65.5 Å². The highest BCUT2D eigenvalue weighted by atomic mass is 35.5. The van der Waals surface area contributed by atoms with Gasteiger partial charge in [-0.2, -0.15) is 30.6 Å². The summed E-state index contributed by atoms with van der Waals surface area (Å²) in [5.41, 5.74) is 11.9. The molecular weight excluding hydrogens is 1520 g/mol. The number of halogens is 8. The lowest BCUT2D eigenvalue weighted by atomic mass is 9.89. The Hall–Kier alpha value is -8.94. The van der Waals surface area contributed by atoms with Crippen LogP contribution in [0.2, 0.25) is 10.0 Å². The average molecular weight is 1620 g/mol. The number of aromatic carboxylic acids is 1. The summed E-state index contributed by atoms with van der Waals surface area (Å²) in [6.45, 7) is 23.9. The molecule has 2 aliphatic rings. The van der Waals surface area contributed by atoms with E-state index in [1.54, 1.807) is 107 Å². The van der Waals surface area contributed by atoms with Gasteiger partial charge in [-0.15, -0.1) is 0 Å². The number of benzene rings is 8. The lowest BCUT2D eigenvalue weighted by molar-refractivity contribution is -0.138. The number of hydrogen-bond acceptors (Lipinski definition) is 12. The Morgan fingerprint density at radius 1 is 0.593 bits per heavy atom. The summed E-state index contributed by atoms with van der Waals surface area (Å²) >= 11 is 11.9. The number of rotatable bonds is 33. The summed E-state index contributed by atoms with van der Waals surface area (Å²) in [4.78, 5) is 40.3. The molecule has 608 valence electrons. The summed E-state index contributed by atoms with van der Waals surface area (Å²) in [6, 6.07) is 47.6.